The van der Waals surface area contributed by atoms with Crippen LogP contribution in [0, 0.1) is 0 Å². The van der Waals surface area contributed by atoms with Gasteiger partial charge in [-0.1, -0.05) is 29.8 Å². The zero-order valence-electron chi connectivity index (χ0n) is 16.9. The largest absolute Gasteiger partial charge is 0.363 e. The highest BCUT2D eigenvalue weighted by atomic mass is 35.5. The molecule has 0 radical (unpaired) electrons. The second-order valence-corrected chi connectivity index (χ2v) is 7.26. The van der Waals surface area contributed by atoms with Gasteiger partial charge >= 0.3 is 0 Å². The summed E-state index contributed by atoms with van der Waals surface area (Å²) in [6.07, 6.45) is 3.43. The summed E-state index contributed by atoms with van der Waals surface area (Å²) >= 11 is 6.10. The molecule has 4 aromatic rings. The molecule has 30 heavy (non-hydrogen) atoms. The predicted octanol–water partition coefficient (Wildman–Crippen LogP) is 6.02. The number of halogens is 1. The van der Waals surface area contributed by atoms with Gasteiger partial charge in [0, 0.05) is 35.1 Å². The number of fused-ring (bicyclic) bond motifs is 1. The Morgan fingerprint density at radius 3 is 2.70 bits per heavy atom. The van der Waals surface area contributed by atoms with Crippen LogP contribution in [-0.2, 0) is 0 Å². The van der Waals surface area contributed by atoms with Gasteiger partial charge in [-0.05, 0) is 50.2 Å². The van der Waals surface area contributed by atoms with Crippen LogP contribution in [0.2, 0.25) is 5.02 Å². The molecule has 0 atom stereocenters. The fourth-order valence-electron chi connectivity index (χ4n) is 3.19. The quantitative estimate of drug-likeness (QED) is 0.284. The molecule has 0 aliphatic rings. The van der Waals surface area contributed by atoms with Gasteiger partial charge < -0.3 is 15.2 Å². The summed E-state index contributed by atoms with van der Waals surface area (Å²) in [5, 5.41) is 4.90. The van der Waals surface area contributed by atoms with Crippen LogP contribution < -0.4 is 5.32 Å². The number of hydrogen-bond donors (Lipinski definition) is 2. The molecule has 2 aromatic heterocycles. The van der Waals surface area contributed by atoms with Crippen molar-refractivity contribution in [3.63, 3.8) is 0 Å². The number of aliphatic imine (C=N–C) groups is 1. The van der Waals surface area contributed by atoms with E-state index in [2.05, 4.69) is 62.2 Å². The zero-order valence-corrected chi connectivity index (χ0v) is 17.7. The summed E-state index contributed by atoms with van der Waals surface area (Å²) < 4.78 is 0. The van der Waals surface area contributed by atoms with Gasteiger partial charge in [0.15, 0.2) is 0 Å². The van der Waals surface area contributed by atoms with Gasteiger partial charge in [-0.2, -0.15) is 0 Å². The zero-order chi connectivity index (χ0) is 20.9. The van der Waals surface area contributed by atoms with Gasteiger partial charge in [0.25, 0.3) is 0 Å². The van der Waals surface area contributed by atoms with Crippen LogP contribution in [0.3, 0.4) is 0 Å². The summed E-state index contributed by atoms with van der Waals surface area (Å²) in [5.74, 6) is 0.723. The summed E-state index contributed by atoms with van der Waals surface area (Å²) in [7, 11) is 0. The van der Waals surface area contributed by atoms with Crippen LogP contribution in [0.1, 0.15) is 13.8 Å². The minimum absolute atomic E-state index is 0.669. The number of nitrogens with one attached hydrogen (secondary N) is 2. The normalized spacial score (nSPS) is 11.3. The molecular weight excluding hydrogens is 396 g/mol. The van der Waals surface area contributed by atoms with Crippen molar-refractivity contribution in [2.45, 2.75) is 13.8 Å². The second kappa shape index (κ2) is 8.97. The summed E-state index contributed by atoms with van der Waals surface area (Å²) in [6.45, 7) is 6.10. The van der Waals surface area contributed by atoms with Crippen LogP contribution in [0.4, 0.5) is 17.2 Å². The Hall–Kier alpha value is -3.38. The van der Waals surface area contributed by atoms with E-state index >= 15 is 0 Å². The lowest BCUT2D eigenvalue weighted by Gasteiger charge is -2.13. The standard InChI is InChI=1S/C23H23ClN6/c1-3-30(4-2)15-27-18-9-5-7-16(11-18)21-13-20-22(25-14-26-23(20)29-21)28-19-10-6-8-17(24)12-19/h5-15H,3-4H2,1-2H3,(H2,25,26,28,29)/b27-15+. The third kappa shape index (κ3) is 4.44. The molecule has 0 spiro atoms. The lowest BCUT2D eigenvalue weighted by molar-refractivity contribution is 0.480. The minimum Gasteiger partial charge on any atom is -0.363 e. The summed E-state index contributed by atoms with van der Waals surface area (Å²) in [4.78, 5) is 18.9. The first-order chi connectivity index (χ1) is 14.7. The van der Waals surface area contributed by atoms with Crippen molar-refractivity contribution in [1.29, 1.82) is 0 Å². The molecule has 0 fully saturated rings. The van der Waals surface area contributed by atoms with Gasteiger partial charge in [0.2, 0.25) is 0 Å². The molecule has 2 N–H and O–H groups in total. The van der Waals surface area contributed by atoms with E-state index in [9.17, 15) is 0 Å². The minimum atomic E-state index is 0.669. The molecule has 0 saturated heterocycles. The van der Waals surface area contributed by atoms with Crippen molar-refractivity contribution in [2.75, 3.05) is 18.4 Å². The number of rotatable bonds is 7. The van der Waals surface area contributed by atoms with E-state index in [-0.39, 0.29) is 0 Å². The van der Waals surface area contributed by atoms with E-state index in [0.717, 1.165) is 52.6 Å². The summed E-state index contributed by atoms with van der Waals surface area (Å²) in [6, 6.07) is 17.7. The van der Waals surface area contributed by atoms with E-state index in [0.29, 0.717) is 5.02 Å². The number of aromatic nitrogens is 3. The number of anilines is 2. The van der Waals surface area contributed by atoms with Crippen molar-refractivity contribution >= 4 is 46.2 Å². The number of benzene rings is 2. The number of nitrogens with zero attached hydrogens (tertiary/aromatic N) is 4. The van der Waals surface area contributed by atoms with Crippen molar-refractivity contribution in [2.24, 2.45) is 4.99 Å². The highest BCUT2D eigenvalue weighted by Crippen LogP contribution is 2.30. The molecule has 152 valence electrons. The molecule has 7 heteroatoms. The lowest BCUT2D eigenvalue weighted by atomic mass is 10.1. The van der Waals surface area contributed by atoms with Crippen LogP contribution in [0.5, 0.6) is 0 Å². The Kier molecular flexibility index (Phi) is 5.95. The molecule has 2 aromatic carbocycles. The fourth-order valence-corrected chi connectivity index (χ4v) is 3.38. The Balaban J connectivity index is 1.65. The third-order valence-electron chi connectivity index (χ3n) is 4.85. The number of aromatic amines is 1. The van der Waals surface area contributed by atoms with E-state index < -0.39 is 0 Å². The highest BCUT2D eigenvalue weighted by Gasteiger charge is 2.10. The highest BCUT2D eigenvalue weighted by molar-refractivity contribution is 6.30. The molecule has 0 unspecified atom stereocenters. The van der Waals surface area contributed by atoms with Crippen LogP contribution >= 0.6 is 11.6 Å². The molecule has 0 amide bonds. The van der Waals surface area contributed by atoms with Crippen molar-refractivity contribution in [3.05, 3.63) is 65.9 Å². The molecule has 2 heterocycles. The van der Waals surface area contributed by atoms with Crippen molar-refractivity contribution < 1.29 is 0 Å². The average Bonchev–Trinajstić information content (AvgIpc) is 3.20. The molecular formula is C23H23ClN6. The average molecular weight is 419 g/mol. The Morgan fingerprint density at radius 1 is 1.07 bits per heavy atom. The Labute approximate surface area is 180 Å². The predicted molar refractivity (Wildman–Crippen MR) is 125 cm³/mol. The molecule has 6 nitrogen and oxygen atoms in total. The number of H-pyrrole nitrogens is 1. The van der Waals surface area contributed by atoms with E-state index in [1.54, 1.807) is 6.33 Å². The Bertz CT molecular complexity index is 1180. The maximum absolute atomic E-state index is 6.10. The first-order valence-corrected chi connectivity index (χ1v) is 10.3. The molecule has 0 aliphatic carbocycles. The summed E-state index contributed by atoms with van der Waals surface area (Å²) in [5.41, 5.74) is 4.54. The Morgan fingerprint density at radius 2 is 1.90 bits per heavy atom. The van der Waals surface area contributed by atoms with Crippen LogP contribution in [0.15, 0.2) is 65.9 Å². The maximum Gasteiger partial charge on any atom is 0.143 e. The van der Waals surface area contributed by atoms with Crippen molar-refractivity contribution in [1.82, 2.24) is 19.9 Å². The SMILES string of the molecule is CCN(/C=N/c1cccc(-c2cc3c(Nc4cccc(Cl)c4)ncnc3[nH]2)c1)CC. The molecule has 0 bridgehead atoms. The smallest absolute Gasteiger partial charge is 0.143 e. The molecule has 0 aliphatic heterocycles. The van der Waals surface area contributed by atoms with E-state index in [4.69, 9.17) is 11.6 Å². The van der Waals surface area contributed by atoms with Gasteiger partial charge in [-0.15, -0.1) is 0 Å². The van der Waals surface area contributed by atoms with Gasteiger partial charge in [0.1, 0.15) is 17.8 Å². The van der Waals surface area contributed by atoms with Gasteiger partial charge in [-0.3, -0.25) is 0 Å². The monoisotopic (exact) mass is 418 g/mol. The van der Waals surface area contributed by atoms with Gasteiger partial charge in [-0.25, -0.2) is 15.0 Å². The van der Waals surface area contributed by atoms with E-state index in [1.807, 2.05) is 42.7 Å². The lowest BCUT2D eigenvalue weighted by Crippen LogP contribution is -2.20. The first kappa shape index (κ1) is 19.9. The maximum atomic E-state index is 6.10. The number of hydrogen-bond acceptors (Lipinski definition) is 4. The van der Waals surface area contributed by atoms with Crippen LogP contribution in [0.25, 0.3) is 22.3 Å². The third-order valence-corrected chi connectivity index (χ3v) is 5.09. The van der Waals surface area contributed by atoms with E-state index in [1.165, 1.54) is 0 Å². The molecule has 0 saturated carbocycles. The first-order valence-electron chi connectivity index (χ1n) is 9.91. The topological polar surface area (TPSA) is 69.2 Å². The van der Waals surface area contributed by atoms with Gasteiger partial charge in [0.05, 0.1) is 17.4 Å². The van der Waals surface area contributed by atoms with Crippen molar-refractivity contribution in [3.8, 4) is 11.3 Å². The fraction of sp³-hybridized carbons (Fsp3) is 0.174. The van der Waals surface area contributed by atoms with Crippen LogP contribution in [-0.4, -0.2) is 39.3 Å². The molecule has 4 rings (SSSR count). The second-order valence-electron chi connectivity index (χ2n) is 6.82.